The van der Waals surface area contributed by atoms with E-state index in [0.717, 1.165) is 23.2 Å². The van der Waals surface area contributed by atoms with Gasteiger partial charge in [0.2, 0.25) is 0 Å². The van der Waals surface area contributed by atoms with Crippen LogP contribution in [0.4, 0.5) is 0 Å². The highest BCUT2D eigenvalue weighted by molar-refractivity contribution is 5.45. The van der Waals surface area contributed by atoms with Crippen LogP contribution in [0.1, 0.15) is 33.5 Å². The minimum atomic E-state index is -0.300. The Morgan fingerprint density at radius 2 is 1.89 bits per heavy atom. The van der Waals surface area contributed by atoms with Crippen LogP contribution in [0.5, 0.6) is 0 Å². The molecule has 2 rings (SSSR count). The lowest BCUT2D eigenvalue weighted by Gasteiger charge is -2.12. The van der Waals surface area contributed by atoms with Gasteiger partial charge in [-0.15, -0.1) is 0 Å². The number of nitrogens with one attached hydrogen (secondary N) is 1. The maximum absolute atomic E-state index is 11.7. The molecule has 1 aromatic heterocycles. The highest BCUT2D eigenvalue weighted by Crippen LogP contribution is 2.19. The molecular weight excluding hydrogens is 236 g/mol. The third-order valence-corrected chi connectivity index (χ3v) is 3.55. The number of rotatable bonds is 2. The molecule has 1 heterocycles. The normalized spacial score (nSPS) is 10.2. The van der Waals surface area contributed by atoms with Gasteiger partial charge in [0.25, 0.3) is 5.56 Å². The van der Waals surface area contributed by atoms with Crippen molar-refractivity contribution in [3.63, 3.8) is 0 Å². The van der Waals surface area contributed by atoms with Gasteiger partial charge in [-0.05, 0) is 49.4 Å². The number of aromatic amines is 1. The van der Waals surface area contributed by atoms with E-state index in [0.29, 0.717) is 0 Å². The van der Waals surface area contributed by atoms with Crippen LogP contribution in [0.25, 0.3) is 0 Å². The Balaban J connectivity index is 2.56. The number of hydrogen-bond donors (Lipinski definition) is 1. The van der Waals surface area contributed by atoms with Crippen LogP contribution in [0, 0.1) is 32.1 Å². The molecule has 0 radical (unpaired) electrons. The van der Waals surface area contributed by atoms with Gasteiger partial charge in [0.05, 0.1) is 0 Å². The second kappa shape index (κ2) is 5.11. The van der Waals surface area contributed by atoms with Crippen LogP contribution in [-0.2, 0) is 6.42 Å². The lowest BCUT2D eigenvalue weighted by atomic mass is 9.95. The Labute approximate surface area is 112 Å². The first kappa shape index (κ1) is 13.1. The largest absolute Gasteiger partial charge is 0.325 e. The van der Waals surface area contributed by atoms with Gasteiger partial charge in [0.1, 0.15) is 11.6 Å². The zero-order valence-electron chi connectivity index (χ0n) is 11.4. The first-order valence-corrected chi connectivity index (χ1v) is 6.21. The number of aryl methyl sites for hydroxylation is 2. The lowest BCUT2D eigenvalue weighted by molar-refractivity contribution is 1.01. The summed E-state index contributed by atoms with van der Waals surface area (Å²) in [7, 11) is 0. The summed E-state index contributed by atoms with van der Waals surface area (Å²) in [6.07, 6.45) is 0.732. The number of H-pyrrole nitrogens is 1. The monoisotopic (exact) mass is 252 g/mol. The second-order valence-electron chi connectivity index (χ2n) is 4.77. The molecule has 0 saturated carbocycles. The summed E-state index contributed by atoms with van der Waals surface area (Å²) in [5.74, 6) is 0. The van der Waals surface area contributed by atoms with Crippen LogP contribution in [0.3, 0.4) is 0 Å². The van der Waals surface area contributed by atoms with E-state index in [1.807, 2.05) is 32.0 Å². The van der Waals surface area contributed by atoms with Crippen molar-refractivity contribution in [2.45, 2.75) is 27.2 Å². The van der Waals surface area contributed by atoms with Crippen molar-refractivity contribution in [3.05, 3.63) is 68.1 Å². The predicted molar refractivity (Wildman–Crippen MR) is 75.2 cm³/mol. The number of nitrogens with zero attached hydrogens (tertiary/aromatic N) is 1. The summed E-state index contributed by atoms with van der Waals surface area (Å²) in [6, 6.07) is 10.1. The Bertz CT molecular complexity index is 721. The molecule has 0 unspecified atom stereocenters. The first-order chi connectivity index (χ1) is 9.04. The Morgan fingerprint density at radius 1 is 1.21 bits per heavy atom. The van der Waals surface area contributed by atoms with Gasteiger partial charge in [-0.3, -0.25) is 4.79 Å². The number of nitriles is 1. The van der Waals surface area contributed by atoms with E-state index >= 15 is 0 Å². The maximum Gasteiger partial charge on any atom is 0.266 e. The lowest BCUT2D eigenvalue weighted by Crippen LogP contribution is -2.16. The van der Waals surface area contributed by atoms with Crippen molar-refractivity contribution < 1.29 is 0 Å². The first-order valence-electron chi connectivity index (χ1n) is 6.21. The van der Waals surface area contributed by atoms with Crippen LogP contribution in [0.15, 0.2) is 29.1 Å². The summed E-state index contributed by atoms with van der Waals surface area (Å²) >= 11 is 0. The molecule has 0 aliphatic heterocycles. The molecule has 0 fully saturated rings. The summed E-state index contributed by atoms with van der Waals surface area (Å²) in [5, 5.41) is 9.07. The zero-order chi connectivity index (χ0) is 14.0. The van der Waals surface area contributed by atoms with Crippen molar-refractivity contribution in [2.75, 3.05) is 0 Å². The SMILES string of the molecule is Cc1ccccc1Cc1c(C)[nH]c(=O)c(C#N)c1C. The van der Waals surface area contributed by atoms with Crippen LogP contribution < -0.4 is 5.56 Å². The van der Waals surface area contributed by atoms with E-state index in [9.17, 15) is 4.79 Å². The molecule has 0 bridgehead atoms. The quantitative estimate of drug-likeness (QED) is 0.893. The molecule has 3 nitrogen and oxygen atoms in total. The van der Waals surface area contributed by atoms with Crippen LogP contribution in [0.2, 0.25) is 0 Å². The Kier molecular flexibility index (Phi) is 3.52. The molecule has 0 amide bonds. The molecule has 19 heavy (non-hydrogen) atoms. The summed E-state index contributed by atoms with van der Waals surface area (Å²) in [6.45, 7) is 5.79. The topological polar surface area (TPSA) is 56.6 Å². The molecule has 3 heteroatoms. The average Bonchev–Trinajstić information content (AvgIpc) is 2.36. The number of hydrogen-bond acceptors (Lipinski definition) is 2. The third kappa shape index (κ3) is 2.43. The number of aromatic nitrogens is 1. The van der Waals surface area contributed by atoms with Crippen molar-refractivity contribution in [1.29, 1.82) is 5.26 Å². The molecule has 2 aromatic rings. The molecular formula is C16H16N2O. The minimum absolute atomic E-state index is 0.217. The van der Waals surface area contributed by atoms with Crippen molar-refractivity contribution in [3.8, 4) is 6.07 Å². The number of pyridine rings is 1. The summed E-state index contributed by atoms with van der Waals surface area (Å²) in [5.41, 5.74) is 5.00. The fourth-order valence-electron chi connectivity index (χ4n) is 2.31. The second-order valence-corrected chi connectivity index (χ2v) is 4.77. The van der Waals surface area contributed by atoms with E-state index in [2.05, 4.69) is 24.0 Å². The Hall–Kier alpha value is -2.34. The summed E-state index contributed by atoms with van der Waals surface area (Å²) < 4.78 is 0. The van der Waals surface area contributed by atoms with Gasteiger partial charge in [-0.25, -0.2) is 0 Å². The standard InChI is InChI=1S/C16H16N2O/c1-10-6-4-5-7-13(10)8-14-11(2)15(9-17)16(19)18-12(14)3/h4-7H,8H2,1-3H3,(H,18,19). The van der Waals surface area contributed by atoms with E-state index in [1.165, 1.54) is 11.1 Å². The van der Waals surface area contributed by atoms with E-state index in [4.69, 9.17) is 5.26 Å². The van der Waals surface area contributed by atoms with Gasteiger partial charge < -0.3 is 4.98 Å². The molecule has 0 atom stereocenters. The van der Waals surface area contributed by atoms with E-state index < -0.39 is 0 Å². The van der Waals surface area contributed by atoms with Crippen molar-refractivity contribution in [1.82, 2.24) is 4.98 Å². The van der Waals surface area contributed by atoms with Gasteiger partial charge in [-0.1, -0.05) is 24.3 Å². The molecule has 0 spiro atoms. The molecule has 0 aliphatic rings. The van der Waals surface area contributed by atoms with Crippen LogP contribution >= 0.6 is 0 Å². The van der Waals surface area contributed by atoms with E-state index in [-0.39, 0.29) is 11.1 Å². The van der Waals surface area contributed by atoms with Gasteiger partial charge in [0.15, 0.2) is 0 Å². The average molecular weight is 252 g/mol. The molecule has 0 saturated heterocycles. The highest BCUT2D eigenvalue weighted by Gasteiger charge is 2.12. The van der Waals surface area contributed by atoms with Crippen LogP contribution in [-0.4, -0.2) is 4.98 Å². The fraction of sp³-hybridized carbons (Fsp3) is 0.250. The fourth-order valence-corrected chi connectivity index (χ4v) is 2.31. The minimum Gasteiger partial charge on any atom is -0.325 e. The Morgan fingerprint density at radius 3 is 2.53 bits per heavy atom. The van der Waals surface area contributed by atoms with Gasteiger partial charge >= 0.3 is 0 Å². The highest BCUT2D eigenvalue weighted by atomic mass is 16.1. The van der Waals surface area contributed by atoms with Crippen molar-refractivity contribution >= 4 is 0 Å². The predicted octanol–water partition coefficient (Wildman–Crippen LogP) is 2.76. The third-order valence-electron chi connectivity index (χ3n) is 3.55. The molecule has 1 aromatic carbocycles. The zero-order valence-corrected chi connectivity index (χ0v) is 11.4. The van der Waals surface area contributed by atoms with Gasteiger partial charge in [-0.2, -0.15) is 5.26 Å². The molecule has 1 N–H and O–H groups in total. The molecule has 0 aliphatic carbocycles. The van der Waals surface area contributed by atoms with E-state index in [1.54, 1.807) is 0 Å². The molecule has 96 valence electrons. The summed E-state index contributed by atoms with van der Waals surface area (Å²) in [4.78, 5) is 14.4. The van der Waals surface area contributed by atoms with Crippen molar-refractivity contribution in [2.24, 2.45) is 0 Å². The number of benzene rings is 1. The van der Waals surface area contributed by atoms with Gasteiger partial charge in [0, 0.05) is 5.69 Å². The smallest absolute Gasteiger partial charge is 0.266 e. The maximum atomic E-state index is 11.7.